The topological polar surface area (TPSA) is 56.8 Å². The number of carbonyl (C=O) groups is 1. The van der Waals surface area contributed by atoms with Gasteiger partial charge >= 0.3 is 6.09 Å². The molecule has 0 bridgehead atoms. The molecule has 0 unspecified atom stereocenters. The number of rotatable bonds is 5. The van der Waals surface area contributed by atoms with Gasteiger partial charge in [0.25, 0.3) is 0 Å². The molecule has 84 valence electrons. The summed E-state index contributed by atoms with van der Waals surface area (Å²) in [5.41, 5.74) is -0.461. The lowest BCUT2D eigenvalue weighted by molar-refractivity contribution is -0.0296. The summed E-state index contributed by atoms with van der Waals surface area (Å²) in [6, 6.07) is 0. The number of amides is 1. The normalized spacial score (nSPS) is 11.1. The van der Waals surface area contributed by atoms with E-state index in [0.29, 0.717) is 13.2 Å². The van der Waals surface area contributed by atoms with E-state index in [9.17, 15) is 4.79 Å². The zero-order valence-corrected chi connectivity index (χ0v) is 9.25. The molecular weight excluding hydrogens is 186 g/mol. The van der Waals surface area contributed by atoms with Gasteiger partial charge in [0.15, 0.2) is 0 Å². The van der Waals surface area contributed by atoms with Crippen LogP contribution in [0.15, 0.2) is 0 Å². The molecule has 0 aliphatic carbocycles. The Bertz CT molecular complexity index is 165. The molecule has 0 fully saturated rings. The molecule has 0 saturated carbocycles. The minimum atomic E-state index is -0.461. The number of carbonyl (C=O) groups excluding carboxylic acids is 1. The maximum atomic E-state index is 11.1. The van der Waals surface area contributed by atoms with E-state index in [1.807, 2.05) is 20.8 Å². The van der Waals surface area contributed by atoms with Gasteiger partial charge in [-0.1, -0.05) is 0 Å². The predicted octanol–water partition coefficient (Wildman–Crippen LogP) is 1.13. The van der Waals surface area contributed by atoms with Gasteiger partial charge < -0.3 is 19.5 Å². The molecule has 1 amide bonds. The van der Waals surface area contributed by atoms with E-state index in [1.165, 1.54) is 0 Å². The molecule has 1 N–H and O–H groups in total. The highest BCUT2D eigenvalue weighted by molar-refractivity contribution is 5.67. The van der Waals surface area contributed by atoms with Crippen LogP contribution in [0.3, 0.4) is 0 Å². The number of hydrogen-bond acceptors (Lipinski definition) is 4. The maximum Gasteiger partial charge on any atom is 0.407 e. The van der Waals surface area contributed by atoms with Gasteiger partial charge in [-0.2, -0.15) is 0 Å². The van der Waals surface area contributed by atoms with Gasteiger partial charge in [0.05, 0.1) is 6.61 Å². The van der Waals surface area contributed by atoms with Crippen LogP contribution in [-0.2, 0) is 14.2 Å². The van der Waals surface area contributed by atoms with Gasteiger partial charge in [-0.3, -0.25) is 0 Å². The van der Waals surface area contributed by atoms with Crippen molar-refractivity contribution in [2.75, 3.05) is 27.1 Å². The van der Waals surface area contributed by atoms with Gasteiger partial charge in [-0.15, -0.1) is 0 Å². The molecule has 0 atom stereocenters. The second-order valence-corrected chi connectivity index (χ2v) is 3.74. The summed E-state index contributed by atoms with van der Waals surface area (Å²) in [5.74, 6) is 0. The van der Waals surface area contributed by atoms with Crippen molar-refractivity contribution in [3.63, 3.8) is 0 Å². The Labute approximate surface area is 84.7 Å². The fourth-order valence-corrected chi connectivity index (χ4v) is 0.682. The highest BCUT2D eigenvalue weighted by atomic mass is 16.7. The van der Waals surface area contributed by atoms with Crippen molar-refractivity contribution in [2.24, 2.45) is 0 Å². The van der Waals surface area contributed by atoms with E-state index in [-0.39, 0.29) is 6.79 Å². The molecule has 0 aliphatic rings. The molecule has 0 aromatic rings. The summed E-state index contributed by atoms with van der Waals surface area (Å²) in [6.07, 6.45) is -0.432. The lowest BCUT2D eigenvalue weighted by Gasteiger charge is -2.19. The molecule has 0 spiro atoms. The quantitative estimate of drug-likeness (QED) is 0.540. The second-order valence-electron chi connectivity index (χ2n) is 3.74. The molecule has 0 radical (unpaired) electrons. The largest absolute Gasteiger partial charge is 0.444 e. The van der Waals surface area contributed by atoms with Crippen LogP contribution < -0.4 is 5.32 Å². The van der Waals surface area contributed by atoms with Crippen LogP contribution in [0.5, 0.6) is 0 Å². The van der Waals surface area contributed by atoms with Crippen LogP contribution in [-0.4, -0.2) is 38.7 Å². The van der Waals surface area contributed by atoms with Crippen molar-refractivity contribution in [3.05, 3.63) is 0 Å². The molecule has 0 aliphatic heterocycles. The van der Waals surface area contributed by atoms with Crippen molar-refractivity contribution >= 4 is 6.09 Å². The Hall–Kier alpha value is -0.810. The van der Waals surface area contributed by atoms with Gasteiger partial charge in [0.2, 0.25) is 0 Å². The lowest BCUT2D eigenvalue weighted by atomic mass is 10.2. The first-order chi connectivity index (χ1) is 6.45. The highest BCUT2D eigenvalue weighted by Gasteiger charge is 2.15. The summed E-state index contributed by atoms with van der Waals surface area (Å²) in [4.78, 5) is 11.1. The minimum absolute atomic E-state index is 0.232. The molecule has 0 saturated heterocycles. The summed E-state index contributed by atoms with van der Waals surface area (Å²) < 4.78 is 14.6. The number of hydrogen-bond donors (Lipinski definition) is 1. The number of alkyl carbamates (subject to hydrolysis) is 1. The van der Waals surface area contributed by atoms with E-state index >= 15 is 0 Å². The van der Waals surface area contributed by atoms with Crippen molar-refractivity contribution < 1.29 is 19.0 Å². The highest BCUT2D eigenvalue weighted by Crippen LogP contribution is 2.05. The van der Waals surface area contributed by atoms with Crippen molar-refractivity contribution in [2.45, 2.75) is 26.4 Å². The predicted molar refractivity (Wildman–Crippen MR) is 52.1 cm³/mol. The Kier molecular flexibility index (Phi) is 6.23. The number of ether oxygens (including phenoxy) is 3. The van der Waals surface area contributed by atoms with E-state index in [2.05, 4.69) is 10.1 Å². The van der Waals surface area contributed by atoms with E-state index < -0.39 is 11.7 Å². The summed E-state index contributed by atoms with van der Waals surface area (Å²) >= 11 is 0. The first-order valence-corrected chi connectivity index (χ1v) is 4.49. The van der Waals surface area contributed by atoms with Gasteiger partial charge in [-0.05, 0) is 20.8 Å². The van der Waals surface area contributed by atoms with Crippen LogP contribution in [0.25, 0.3) is 0 Å². The van der Waals surface area contributed by atoms with Crippen LogP contribution >= 0.6 is 0 Å². The van der Waals surface area contributed by atoms with Crippen molar-refractivity contribution in [1.29, 1.82) is 0 Å². The molecule has 0 rings (SSSR count). The van der Waals surface area contributed by atoms with Gasteiger partial charge in [0.1, 0.15) is 12.4 Å². The fraction of sp³-hybridized carbons (Fsp3) is 0.889. The van der Waals surface area contributed by atoms with Gasteiger partial charge in [-0.25, -0.2) is 4.79 Å². The molecule has 0 heterocycles. The number of nitrogens with one attached hydrogen (secondary N) is 1. The summed E-state index contributed by atoms with van der Waals surface area (Å²) in [7, 11) is 1.54. The SMILES string of the molecule is COCOCCNC(=O)OC(C)(C)C. The van der Waals surface area contributed by atoms with E-state index in [1.54, 1.807) is 7.11 Å². The average Bonchev–Trinajstić information content (AvgIpc) is 2.00. The Morgan fingerprint density at radius 3 is 2.50 bits per heavy atom. The second kappa shape index (κ2) is 6.62. The third-order valence-electron chi connectivity index (χ3n) is 1.12. The molecule has 5 nitrogen and oxygen atoms in total. The molecular formula is C9H19NO4. The third-order valence-corrected chi connectivity index (χ3v) is 1.12. The standard InChI is InChI=1S/C9H19NO4/c1-9(2,3)14-8(11)10-5-6-13-7-12-4/h5-7H2,1-4H3,(H,10,11). The average molecular weight is 205 g/mol. The summed E-state index contributed by atoms with van der Waals surface area (Å²) in [5, 5.41) is 2.56. The monoisotopic (exact) mass is 205 g/mol. The van der Waals surface area contributed by atoms with Gasteiger partial charge in [0, 0.05) is 13.7 Å². The summed E-state index contributed by atoms with van der Waals surface area (Å²) in [6.45, 7) is 6.50. The molecule has 0 aromatic carbocycles. The Balaban J connectivity index is 3.36. The van der Waals surface area contributed by atoms with E-state index in [4.69, 9.17) is 9.47 Å². The van der Waals surface area contributed by atoms with Crippen molar-refractivity contribution in [3.8, 4) is 0 Å². The zero-order chi connectivity index (χ0) is 11.0. The van der Waals surface area contributed by atoms with Crippen molar-refractivity contribution in [1.82, 2.24) is 5.32 Å². The van der Waals surface area contributed by atoms with Crippen LogP contribution in [0.1, 0.15) is 20.8 Å². The van der Waals surface area contributed by atoms with Crippen LogP contribution in [0.4, 0.5) is 4.79 Å². The lowest BCUT2D eigenvalue weighted by Crippen LogP contribution is -2.34. The number of methoxy groups -OCH3 is 1. The Morgan fingerprint density at radius 2 is 2.00 bits per heavy atom. The van der Waals surface area contributed by atoms with Crippen LogP contribution in [0.2, 0.25) is 0 Å². The molecule has 0 aromatic heterocycles. The minimum Gasteiger partial charge on any atom is -0.444 e. The first-order valence-electron chi connectivity index (χ1n) is 4.49. The smallest absolute Gasteiger partial charge is 0.407 e. The molecule has 5 heteroatoms. The Morgan fingerprint density at radius 1 is 1.36 bits per heavy atom. The molecule has 14 heavy (non-hydrogen) atoms. The first kappa shape index (κ1) is 13.2. The third kappa shape index (κ3) is 9.28. The zero-order valence-electron chi connectivity index (χ0n) is 9.25. The van der Waals surface area contributed by atoms with E-state index in [0.717, 1.165) is 0 Å². The fourth-order valence-electron chi connectivity index (χ4n) is 0.682. The maximum absolute atomic E-state index is 11.1. The van der Waals surface area contributed by atoms with Crippen LogP contribution in [0, 0.1) is 0 Å².